The van der Waals surface area contributed by atoms with Crippen LogP contribution in [-0.4, -0.2) is 66.2 Å². The van der Waals surface area contributed by atoms with E-state index >= 15 is 0 Å². The Morgan fingerprint density at radius 3 is 2.30 bits per heavy atom. The summed E-state index contributed by atoms with van der Waals surface area (Å²) in [6.07, 6.45) is 1.29. The van der Waals surface area contributed by atoms with Crippen molar-refractivity contribution in [3.63, 3.8) is 0 Å². The first-order valence-electron chi connectivity index (χ1n) is 11.3. The van der Waals surface area contributed by atoms with Gasteiger partial charge in [-0.3, -0.25) is 14.4 Å². The van der Waals surface area contributed by atoms with Crippen LogP contribution < -0.4 is 4.90 Å². The lowest BCUT2D eigenvalue weighted by molar-refractivity contribution is -0.143. The van der Waals surface area contributed by atoms with Crippen molar-refractivity contribution in [3.8, 4) is 0 Å². The number of nitrogens with zero attached hydrogens (tertiary/aromatic N) is 3. The van der Waals surface area contributed by atoms with E-state index in [4.69, 9.17) is 0 Å². The Balaban J connectivity index is 1.99. The molecule has 1 atom stereocenters. The normalized spacial score (nSPS) is 21.5. The number of aliphatic hydroxyl groups is 1. The average molecular weight is 448 g/mol. The third-order valence-electron chi connectivity index (χ3n) is 6.29. The number of hydrogen-bond donors (Lipinski definition) is 1. The summed E-state index contributed by atoms with van der Waals surface area (Å²) in [7, 11) is 3.86. The molecule has 2 aliphatic rings. The van der Waals surface area contributed by atoms with E-state index in [-0.39, 0.29) is 23.8 Å². The first kappa shape index (κ1) is 22.7. The van der Waals surface area contributed by atoms with Gasteiger partial charge in [-0.1, -0.05) is 55.5 Å². The fourth-order valence-electron chi connectivity index (χ4n) is 4.90. The van der Waals surface area contributed by atoms with Gasteiger partial charge in [0.05, 0.1) is 11.3 Å². The second kappa shape index (κ2) is 8.83. The second-order valence-electron chi connectivity index (χ2n) is 8.72. The van der Waals surface area contributed by atoms with Crippen LogP contribution in [-0.2, 0) is 19.9 Å². The number of hydrogen-bond acceptors (Lipinski definition) is 5. The lowest BCUT2D eigenvalue weighted by atomic mass is 9.82. The van der Waals surface area contributed by atoms with Gasteiger partial charge in [-0.2, -0.15) is 0 Å². The van der Waals surface area contributed by atoms with Gasteiger partial charge >= 0.3 is 0 Å². The maximum Gasteiger partial charge on any atom is 0.296 e. The van der Waals surface area contributed by atoms with Crippen molar-refractivity contribution in [2.45, 2.75) is 25.3 Å². The number of ketones is 1. The molecule has 2 aromatic rings. The summed E-state index contributed by atoms with van der Waals surface area (Å²) in [5.74, 6) is -2.28. The van der Waals surface area contributed by atoms with Gasteiger partial charge in [0.25, 0.3) is 17.6 Å². The summed E-state index contributed by atoms with van der Waals surface area (Å²) in [4.78, 5) is 45.9. The molecular weight excluding hydrogens is 418 g/mol. The molecule has 1 saturated heterocycles. The molecule has 33 heavy (non-hydrogen) atoms. The Hall–Kier alpha value is -3.45. The van der Waals surface area contributed by atoms with E-state index in [1.165, 1.54) is 4.90 Å². The van der Waals surface area contributed by atoms with E-state index in [2.05, 4.69) is 0 Å². The number of amides is 2. The van der Waals surface area contributed by atoms with Crippen LogP contribution in [0.5, 0.6) is 0 Å². The molecule has 7 nitrogen and oxygen atoms in total. The molecule has 2 aromatic carbocycles. The minimum absolute atomic E-state index is 0.153. The van der Waals surface area contributed by atoms with E-state index in [1.54, 1.807) is 47.4 Å². The molecule has 1 fully saturated rings. The van der Waals surface area contributed by atoms with Gasteiger partial charge in [0, 0.05) is 24.2 Å². The molecule has 0 radical (unpaired) electrons. The van der Waals surface area contributed by atoms with Gasteiger partial charge in [-0.05, 0) is 39.5 Å². The lowest BCUT2D eigenvalue weighted by Gasteiger charge is -2.34. The number of rotatable bonds is 7. The molecule has 2 aliphatic heterocycles. The first-order chi connectivity index (χ1) is 15.9. The van der Waals surface area contributed by atoms with Crippen molar-refractivity contribution in [1.29, 1.82) is 0 Å². The molecule has 1 N–H and O–H groups in total. The van der Waals surface area contributed by atoms with Crippen molar-refractivity contribution < 1.29 is 19.5 Å². The Labute approximate surface area is 193 Å². The average Bonchev–Trinajstić information content (AvgIpc) is 3.18. The molecule has 0 aromatic heterocycles. The van der Waals surface area contributed by atoms with Crippen molar-refractivity contribution >= 4 is 29.0 Å². The van der Waals surface area contributed by atoms with Gasteiger partial charge in [0.2, 0.25) is 0 Å². The lowest BCUT2D eigenvalue weighted by Crippen LogP contribution is -2.52. The highest BCUT2D eigenvalue weighted by Gasteiger charge is 2.66. The predicted molar refractivity (Wildman–Crippen MR) is 127 cm³/mol. The summed E-state index contributed by atoms with van der Waals surface area (Å²) < 4.78 is 0. The van der Waals surface area contributed by atoms with E-state index in [0.29, 0.717) is 42.7 Å². The number of carbonyl (C=O) groups excluding carboxylic acids is 3. The molecule has 0 bridgehead atoms. The summed E-state index contributed by atoms with van der Waals surface area (Å²) >= 11 is 0. The third-order valence-corrected chi connectivity index (χ3v) is 6.29. The van der Waals surface area contributed by atoms with Crippen molar-refractivity contribution in [1.82, 2.24) is 9.80 Å². The van der Waals surface area contributed by atoms with Crippen LogP contribution in [0.4, 0.5) is 5.69 Å². The molecular formula is C26H29N3O4. The van der Waals surface area contributed by atoms with Gasteiger partial charge in [0.1, 0.15) is 5.76 Å². The quantitative estimate of drug-likeness (QED) is 0.401. The van der Waals surface area contributed by atoms with Crippen LogP contribution in [0, 0.1) is 0 Å². The van der Waals surface area contributed by atoms with E-state index in [1.807, 2.05) is 38.1 Å². The molecule has 0 saturated carbocycles. The highest BCUT2D eigenvalue weighted by atomic mass is 16.3. The minimum atomic E-state index is -1.67. The highest BCUT2D eigenvalue weighted by molar-refractivity contribution is 6.50. The summed E-state index contributed by atoms with van der Waals surface area (Å²) in [6.45, 7) is 3.32. The summed E-state index contributed by atoms with van der Waals surface area (Å²) in [6, 6.07) is 15.9. The largest absolute Gasteiger partial charge is 0.507 e. The summed E-state index contributed by atoms with van der Waals surface area (Å²) in [5, 5.41) is 11.3. The van der Waals surface area contributed by atoms with Gasteiger partial charge < -0.3 is 19.8 Å². The topological polar surface area (TPSA) is 81.2 Å². The SMILES string of the molecule is CCCN1C(=O)[C@]2(C(=C(O)c3ccccc3)C(=O)C(=O)N2CCCN(C)C)c2ccccc21. The van der Waals surface area contributed by atoms with Crippen molar-refractivity contribution in [3.05, 3.63) is 71.3 Å². The van der Waals surface area contributed by atoms with Crippen molar-refractivity contribution in [2.24, 2.45) is 0 Å². The second-order valence-corrected chi connectivity index (χ2v) is 8.72. The number of carbonyl (C=O) groups is 3. The van der Waals surface area contributed by atoms with Gasteiger partial charge in [-0.25, -0.2) is 0 Å². The Morgan fingerprint density at radius 2 is 1.64 bits per heavy atom. The Kier molecular flexibility index (Phi) is 6.08. The van der Waals surface area contributed by atoms with Crippen molar-refractivity contribution in [2.75, 3.05) is 38.6 Å². The van der Waals surface area contributed by atoms with Crippen LogP contribution >= 0.6 is 0 Å². The maximum absolute atomic E-state index is 14.1. The van der Waals surface area contributed by atoms with Crippen LogP contribution in [0.2, 0.25) is 0 Å². The van der Waals surface area contributed by atoms with E-state index in [9.17, 15) is 19.5 Å². The van der Waals surface area contributed by atoms with E-state index in [0.717, 1.165) is 0 Å². The molecule has 4 rings (SSSR count). The van der Waals surface area contributed by atoms with Crippen LogP contribution in [0.1, 0.15) is 30.9 Å². The summed E-state index contributed by atoms with van der Waals surface area (Å²) in [5.41, 5.74) is -0.207. The zero-order chi connectivity index (χ0) is 23.8. The zero-order valence-electron chi connectivity index (χ0n) is 19.2. The Morgan fingerprint density at radius 1 is 0.970 bits per heavy atom. The minimum Gasteiger partial charge on any atom is -0.507 e. The molecule has 2 amide bonds. The number of likely N-dealkylation sites (tertiary alicyclic amines) is 1. The molecule has 1 spiro atoms. The third kappa shape index (κ3) is 3.43. The van der Waals surface area contributed by atoms with Crippen LogP contribution in [0.25, 0.3) is 5.76 Å². The van der Waals surface area contributed by atoms with Gasteiger partial charge in [0.15, 0.2) is 5.54 Å². The Bertz CT molecular complexity index is 1130. The number of anilines is 1. The molecule has 0 aliphatic carbocycles. The fraction of sp³-hybridized carbons (Fsp3) is 0.346. The first-order valence-corrected chi connectivity index (χ1v) is 11.3. The molecule has 0 unspecified atom stereocenters. The molecule has 172 valence electrons. The zero-order valence-corrected chi connectivity index (χ0v) is 19.2. The molecule has 2 heterocycles. The number of aliphatic hydroxyl groups excluding tert-OH is 1. The predicted octanol–water partition coefficient (Wildman–Crippen LogP) is 2.97. The smallest absolute Gasteiger partial charge is 0.296 e. The van der Waals surface area contributed by atoms with Gasteiger partial charge in [-0.15, -0.1) is 0 Å². The standard InChI is InChI=1S/C26H29N3O4/c1-4-15-28-20-14-9-8-13-19(20)26(25(28)33)21(22(30)18-11-6-5-7-12-18)23(31)24(32)29(26)17-10-16-27(2)3/h5-9,11-14,30H,4,10,15-17H2,1-3H3/t26-/m1/s1. The number of benzene rings is 2. The monoisotopic (exact) mass is 447 g/mol. The highest BCUT2D eigenvalue weighted by Crippen LogP contribution is 2.53. The van der Waals surface area contributed by atoms with Crippen LogP contribution in [0.15, 0.2) is 60.2 Å². The maximum atomic E-state index is 14.1. The van der Waals surface area contributed by atoms with Crippen LogP contribution in [0.3, 0.4) is 0 Å². The fourth-order valence-corrected chi connectivity index (χ4v) is 4.90. The van der Waals surface area contributed by atoms with E-state index < -0.39 is 17.2 Å². The molecule has 7 heteroatoms. The number of Topliss-reactive ketones (excluding diaryl/α,β-unsaturated/α-hetero) is 1. The number of fused-ring (bicyclic) bond motifs is 2. The number of para-hydroxylation sites is 1.